The van der Waals surface area contributed by atoms with Crippen LogP contribution in [0, 0.1) is 18.8 Å². The quantitative estimate of drug-likeness (QED) is 0.573. The molecule has 0 radical (unpaired) electrons. The van der Waals surface area contributed by atoms with E-state index in [-0.39, 0.29) is 7.43 Å². The van der Waals surface area contributed by atoms with E-state index in [2.05, 4.69) is 30.9 Å². The summed E-state index contributed by atoms with van der Waals surface area (Å²) >= 11 is 0. The minimum Gasteiger partial charge on any atom is -0.0776 e. The van der Waals surface area contributed by atoms with Gasteiger partial charge in [-0.25, -0.2) is 0 Å². The summed E-state index contributed by atoms with van der Waals surface area (Å²) in [4.78, 5) is 0. The van der Waals surface area contributed by atoms with E-state index in [0.717, 1.165) is 11.1 Å². The summed E-state index contributed by atoms with van der Waals surface area (Å²) in [5, 5.41) is 0. The third kappa shape index (κ3) is 3.29. The first-order valence-corrected chi connectivity index (χ1v) is 4.98. The van der Waals surface area contributed by atoms with Gasteiger partial charge in [-0.1, -0.05) is 55.2 Å². The molecule has 0 aromatic heterocycles. The molecule has 0 amide bonds. The molecule has 0 N–H and O–H groups in total. The van der Waals surface area contributed by atoms with E-state index in [9.17, 15) is 0 Å². The van der Waals surface area contributed by atoms with Crippen molar-refractivity contribution < 1.29 is 0 Å². The third-order valence-corrected chi connectivity index (χ3v) is 2.18. The van der Waals surface area contributed by atoms with Crippen LogP contribution in [-0.4, -0.2) is 0 Å². The largest absolute Gasteiger partial charge is 0.0776 e. The summed E-state index contributed by atoms with van der Waals surface area (Å²) in [6, 6.07) is 18.3. The fraction of sp³-hybridized carbons (Fsp3) is 0.125. The van der Waals surface area contributed by atoms with Gasteiger partial charge in [-0.15, -0.1) is 0 Å². The standard InChI is InChI=1S/C15H12.CH4/c1-13-7-9-15(10-8-13)12-11-14-5-3-2-4-6-14;/h2-10H,1H3;1H4. The highest BCUT2D eigenvalue weighted by atomic mass is 13.9. The van der Waals surface area contributed by atoms with Crippen LogP contribution in [0.25, 0.3) is 0 Å². The number of aryl methyl sites for hydroxylation is 1. The maximum absolute atomic E-state index is 3.14. The minimum absolute atomic E-state index is 0. The van der Waals surface area contributed by atoms with Crippen molar-refractivity contribution in [3.8, 4) is 11.8 Å². The Bertz CT molecular complexity index is 481. The number of benzene rings is 2. The first-order chi connectivity index (χ1) is 7.34. The third-order valence-electron chi connectivity index (χ3n) is 2.18. The van der Waals surface area contributed by atoms with Crippen molar-refractivity contribution in [1.82, 2.24) is 0 Å². The molecule has 0 heterocycles. The molecule has 0 fully saturated rings. The maximum Gasteiger partial charge on any atom is 0.0249 e. The average molecular weight is 208 g/mol. The molecule has 0 saturated carbocycles. The highest BCUT2D eigenvalue weighted by molar-refractivity contribution is 5.43. The van der Waals surface area contributed by atoms with E-state index in [1.54, 1.807) is 0 Å². The summed E-state index contributed by atoms with van der Waals surface area (Å²) < 4.78 is 0. The van der Waals surface area contributed by atoms with Crippen molar-refractivity contribution in [2.24, 2.45) is 0 Å². The van der Waals surface area contributed by atoms with Gasteiger partial charge in [0.25, 0.3) is 0 Å². The van der Waals surface area contributed by atoms with Gasteiger partial charge in [0.15, 0.2) is 0 Å². The first-order valence-electron chi connectivity index (χ1n) is 4.98. The lowest BCUT2D eigenvalue weighted by Gasteiger charge is -1.91. The van der Waals surface area contributed by atoms with Gasteiger partial charge in [0.05, 0.1) is 0 Å². The zero-order valence-electron chi connectivity index (χ0n) is 8.70. The molecular weight excluding hydrogens is 192 g/mol. The lowest BCUT2D eigenvalue weighted by molar-refractivity contribution is 1.46. The molecule has 2 rings (SSSR count). The summed E-state index contributed by atoms with van der Waals surface area (Å²) in [6.07, 6.45) is 0. The monoisotopic (exact) mass is 208 g/mol. The molecular formula is C16H16. The van der Waals surface area contributed by atoms with E-state index in [4.69, 9.17) is 0 Å². The highest BCUT2D eigenvalue weighted by Crippen LogP contribution is 2.02. The number of hydrogen-bond acceptors (Lipinski definition) is 0. The summed E-state index contributed by atoms with van der Waals surface area (Å²) in [5.74, 6) is 6.27. The van der Waals surface area contributed by atoms with Crippen LogP contribution in [-0.2, 0) is 0 Å². The zero-order chi connectivity index (χ0) is 10.5. The van der Waals surface area contributed by atoms with Crippen molar-refractivity contribution in [1.29, 1.82) is 0 Å². The molecule has 0 nitrogen and oxygen atoms in total. The Morgan fingerprint density at radius 2 is 1.19 bits per heavy atom. The predicted molar refractivity (Wildman–Crippen MR) is 70.3 cm³/mol. The van der Waals surface area contributed by atoms with Crippen LogP contribution in [0.5, 0.6) is 0 Å². The molecule has 0 bridgehead atoms. The molecule has 0 atom stereocenters. The zero-order valence-corrected chi connectivity index (χ0v) is 8.70. The lowest BCUT2D eigenvalue weighted by Crippen LogP contribution is -1.76. The predicted octanol–water partition coefficient (Wildman–Crippen LogP) is 4.03. The highest BCUT2D eigenvalue weighted by Gasteiger charge is 1.86. The van der Waals surface area contributed by atoms with Gasteiger partial charge in [-0.2, -0.15) is 0 Å². The minimum atomic E-state index is 0. The van der Waals surface area contributed by atoms with E-state index in [1.165, 1.54) is 5.56 Å². The van der Waals surface area contributed by atoms with Crippen LogP contribution >= 0.6 is 0 Å². The normalized spacial score (nSPS) is 8.56. The molecule has 0 aliphatic carbocycles. The second kappa shape index (κ2) is 5.78. The molecule has 16 heavy (non-hydrogen) atoms. The van der Waals surface area contributed by atoms with E-state index >= 15 is 0 Å². The van der Waals surface area contributed by atoms with E-state index < -0.39 is 0 Å². The molecule has 80 valence electrons. The smallest absolute Gasteiger partial charge is 0.0249 e. The molecule has 0 saturated heterocycles. The van der Waals surface area contributed by atoms with Crippen LogP contribution in [0.4, 0.5) is 0 Å². The van der Waals surface area contributed by atoms with Crippen LogP contribution in [0.15, 0.2) is 54.6 Å². The van der Waals surface area contributed by atoms with Gasteiger partial charge in [-0.05, 0) is 31.2 Å². The molecule has 0 aliphatic rings. The van der Waals surface area contributed by atoms with Crippen LogP contribution in [0.1, 0.15) is 24.1 Å². The maximum atomic E-state index is 3.14. The van der Waals surface area contributed by atoms with Crippen LogP contribution in [0.2, 0.25) is 0 Å². The summed E-state index contributed by atoms with van der Waals surface area (Å²) in [7, 11) is 0. The molecule has 2 aromatic rings. The van der Waals surface area contributed by atoms with Crippen molar-refractivity contribution in [2.45, 2.75) is 14.4 Å². The Morgan fingerprint density at radius 1 is 0.688 bits per heavy atom. The van der Waals surface area contributed by atoms with Crippen molar-refractivity contribution in [3.05, 3.63) is 71.3 Å². The fourth-order valence-electron chi connectivity index (χ4n) is 1.30. The second-order valence-corrected chi connectivity index (χ2v) is 3.48. The average Bonchev–Trinajstić information content (AvgIpc) is 2.30. The summed E-state index contributed by atoms with van der Waals surface area (Å²) in [5.41, 5.74) is 3.38. The molecule has 2 aromatic carbocycles. The lowest BCUT2D eigenvalue weighted by atomic mass is 10.1. The van der Waals surface area contributed by atoms with Crippen LogP contribution in [0.3, 0.4) is 0 Å². The Labute approximate surface area is 98.0 Å². The van der Waals surface area contributed by atoms with Gasteiger partial charge < -0.3 is 0 Å². The van der Waals surface area contributed by atoms with Crippen LogP contribution < -0.4 is 0 Å². The van der Waals surface area contributed by atoms with Gasteiger partial charge in [0.2, 0.25) is 0 Å². The molecule has 0 unspecified atom stereocenters. The molecule has 0 aliphatic heterocycles. The Balaban J connectivity index is 0.00000128. The Hall–Kier alpha value is -2.00. The first kappa shape index (κ1) is 12.1. The fourth-order valence-corrected chi connectivity index (χ4v) is 1.30. The second-order valence-electron chi connectivity index (χ2n) is 3.48. The van der Waals surface area contributed by atoms with Crippen molar-refractivity contribution in [2.75, 3.05) is 0 Å². The summed E-state index contributed by atoms with van der Waals surface area (Å²) in [6.45, 7) is 2.08. The SMILES string of the molecule is C.Cc1ccc(C#Cc2ccccc2)cc1. The van der Waals surface area contributed by atoms with Gasteiger partial charge in [0.1, 0.15) is 0 Å². The topological polar surface area (TPSA) is 0 Å². The molecule has 0 spiro atoms. The van der Waals surface area contributed by atoms with E-state index in [0.29, 0.717) is 0 Å². The van der Waals surface area contributed by atoms with Gasteiger partial charge in [0, 0.05) is 11.1 Å². The van der Waals surface area contributed by atoms with Crippen molar-refractivity contribution >= 4 is 0 Å². The molecule has 0 heteroatoms. The number of hydrogen-bond donors (Lipinski definition) is 0. The van der Waals surface area contributed by atoms with Gasteiger partial charge >= 0.3 is 0 Å². The van der Waals surface area contributed by atoms with Crippen molar-refractivity contribution in [3.63, 3.8) is 0 Å². The van der Waals surface area contributed by atoms with Gasteiger partial charge in [-0.3, -0.25) is 0 Å². The van der Waals surface area contributed by atoms with E-state index in [1.807, 2.05) is 42.5 Å². The Morgan fingerprint density at radius 3 is 1.75 bits per heavy atom. The number of rotatable bonds is 0. The Kier molecular flexibility index (Phi) is 4.36.